The third-order valence-corrected chi connectivity index (χ3v) is 10.3. The Kier molecular flexibility index (Phi) is 4.12. The third kappa shape index (κ3) is 2.42. The van der Waals surface area contributed by atoms with Gasteiger partial charge < -0.3 is 10.0 Å². The van der Waals surface area contributed by atoms with Crippen molar-refractivity contribution < 1.29 is 5.11 Å². The van der Waals surface area contributed by atoms with Gasteiger partial charge in [0.15, 0.2) is 0 Å². The van der Waals surface area contributed by atoms with Gasteiger partial charge in [0.25, 0.3) is 0 Å². The highest BCUT2D eigenvalue weighted by molar-refractivity contribution is 5.53. The number of likely N-dealkylation sites (tertiary alicyclic amines) is 1. The van der Waals surface area contributed by atoms with Gasteiger partial charge >= 0.3 is 0 Å². The molecule has 5 nitrogen and oxygen atoms in total. The summed E-state index contributed by atoms with van der Waals surface area (Å²) in [5.74, 6) is 2.73. The molecule has 1 N–H and O–H groups in total. The zero-order valence-electron chi connectivity index (χ0n) is 20.2. The highest BCUT2D eigenvalue weighted by Crippen LogP contribution is 2.75. The number of hydrogen-bond acceptors (Lipinski definition) is 5. The summed E-state index contributed by atoms with van der Waals surface area (Å²) >= 11 is 0. The Morgan fingerprint density at radius 2 is 1.94 bits per heavy atom. The first-order valence-electron chi connectivity index (χ1n) is 13.1. The molecule has 2 saturated carbocycles. The summed E-state index contributed by atoms with van der Waals surface area (Å²) in [6, 6.07) is 9.57. The molecule has 5 heteroatoms. The van der Waals surface area contributed by atoms with Gasteiger partial charge in [0.1, 0.15) is 5.75 Å². The first kappa shape index (κ1) is 20.3. The van der Waals surface area contributed by atoms with Crippen molar-refractivity contribution in [2.24, 2.45) is 17.3 Å². The number of phenols is 1. The molecule has 2 aromatic rings. The monoisotopic (exact) mass is 444 g/mol. The first-order valence-corrected chi connectivity index (χ1v) is 13.1. The van der Waals surface area contributed by atoms with Crippen molar-refractivity contribution in [1.29, 1.82) is 0 Å². The van der Waals surface area contributed by atoms with Gasteiger partial charge in [-0.15, -0.1) is 0 Å². The molecule has 6 atom stereocenters. The second kappa shape index (κ2) is 6.71. The van der Waals surface area contributed by atoms with E-state index in [2.05, 4.69) is 48.8 Å². The zero-order valence-corrected chi connectivity index (χ0v) is 20.2. The van der Waals surface area contributed by atoms with E-state index >= 15 is 0 Å². The number of aryl methyl sites for hydroxylation is 2. The first-order chi connectivity index (χ1) is 16.0. The molecule has 3 heterocycles. The van der Waals surface area contributed by atoms with E-state index in [1.165, 1.54) is 56.3 Å². The molecule has 5 unspecified atom stereocenters. The molecule has 0 amide bonds. The number of piperidine rings is 1. The molecule has 33 heavy (non-hydrogen) atoms. The molecular weight excluding hydrogens is 408 g/mol. The predicted molar refractivity (Wildman–Crippen MR) is 130 cm³/mol. The molecule has 0 radical (unpaired) electrons. The van der Waals surface area contributed by atoms with Crippen LogP contribution >= 0.6 is 0 Å². The molecule has 1 aromatic heterocycles. The van der Waals surface area contributed by atoms with E-state index in [1.807, 2.05) is 6.07 Å². The van der Waals surface area contributed by atoms with Crippen LogP contribution in [0.15, 0.2) is 24.3 Å². The number of anilines is 1. The maximum atomic E-state index is 10.6. The molecule has 1 aromatic carbocycles. The Hall–Kier alpha value is -2.14. The Morgan fingerprint density at radius 3 is 2.73 bits per heavy atom. The lowest BCUT2D eigenvalue weighted by Gasteiger charge is -2.66. The van der Waals surface area contributed by atoms with Crippen LogP contribution in [-0.4, -0.2) is 51.7 Å². The fourth-order valence-electron chi connectivity index (χ4n) is 9.71. The van der Waals surface area contributed by atoms with Gasteiger partial charge in [-0.2, -0.15) is 0 Å². The van der Waals surface area contributed by atoms with E-state index in [9.17, 15) is 5.11 Å². The van der Waals surface area contributed by atoms with Crippen LogP contribution in [0.3, 0.4) is 0 Å². The van der Waals surface area contributed by atoms with Gasteiger partial charge in [-0.05, 0) is 112 Å². The summed E-state index contributed by atoms with van der Waals surface area (Å²) in [4.78, 5) is 15.2. The zero-order chi connectivity index (χ0) is 22.5. The predicted octanol–water partition coefficient (Wildman–Crippen LogP) is 4.38. The van der Waals surface area contributed by atoms with E-state index < -0.39 is 0 Å². The lowest BCUT2D eigenvalue weighted by molar-refractivity contribution is -0.0907. The van der Waals surface area contributed by atoms with E-state index in [1.54, 1.807) is 0 Å². The van der Waals surface area contributed by atoms with Crippen molar-refractivity contribution in [3.63, 3.8) is 0 Å². The molecular formula is C28H36N4O. The van der Waals surface area contributed by atoms with E-state index in [0.717, 1.165) is 30.3 Å². The molecule has 7 rings (SSSR count). The summed E-state index contributed by atoms with van der Waals surface area (Å²) in [6.45, 7) is 10.0. The maximum Gasteiger partial charge on any atom is 0.226 e. The summed E-state index contributed by atoms with van der Waals surface area (Å²) in [6.07, 6.45) is 7.51. The minimum atomic E-state index is 0.190. The summed E-state index contributed by atoms with van der Waals surface area (Å²) in [5, 5.41) is 10.6. The normalized spacial score (nSPS) is 38.3. The number of phenolic OH excluding ortho intramolecular Hbond substituents is 1. The Morgan fingerprint density at radius 1 is 1.12 bits per heavy atom. The number of aromatic hydroxyl groups is 1. The van der Waals surface area contributed by atoms with Gasteiger partial charge in [0.05, 0.1) is 0 Å². The van der Waals surface area contributed by atoms with Gasteiger partial charge in [0.2, 0.25) is 5.95 Å². The average Bonchev–Trinajstić information content (AvgIpc) is 3.22. The molecule has 3 aliphatic carbocycles. The van der Waals surface area contributed by atoms with Crippen molar-refractivity contribution in [3.05, 3.63) is 46.8 Å². The highest BCUT2D eigenvalue weighted by Gasteiger charge is 2.76. The molecule has 0 spiro atoms. The number of fused-ring (bicyclic) bond motifs is 1. The van der Waals surface area contributed by atoms with Crippen LogP contribution in [0.5, 0.6) is 5.75 Å². The van der Waals surface area contributed by atoms with Crippen molar-refractivity contribution in [1.82, 2.24) is 14.9 Å². The lowest BCUT2D eigenvalue weighted by atomic mass is 9.43. The van der Waals surface area contributed by atoms with Crippen molar-refractivity contribution in [3.8, 4) is 5.75 Å². The Bertz CT molecular complexity index is 1110. The smallest absolute Gasteiger partial charge is 0.226 e. The second-order valence-corrected chi connectivity index (χ2v) is 11.7. The van der Waals surface area contributed by atoms with E-state index in [-0.39, 0.29) is 5.41 Å². The van der Waals surface area contributed by atoms with Gasteiger partial charge in [-0.3, -0.25) is 4.90 Å². The maximum absolute atomic E-state index is 10.6. The molecule has 174 valence electrons. The average molecular weight is 445 g/mol. The van der Waals surface area contributed by atoms with Gasteiger partial charge in [0, 0.05) is 35.4 Å². The van der Waals surface area contributed by atoms with Gasteiger partial charge in [-0.25, -0.2) is 9.97 Å². The molecule has 5 aliphatic rings. The Balaban J connectivity index is 1.39. The molecule has 4 bridgehead atoms. The van der Waals surface area contributed by atoms with E-state index in [0.29, 0.717) is 35.1 Å². The summed E-state index contributed by atoms with van der Waals surface area (Å²) < 4.78 is 0. The molecule has 2 saturated heterocycles. The quantitative estimate of drug-likeness (QED) is 0.761. The van der Waals surface area contributed by atoms with Crippen molar-refractivity contribution in [2.75, 3.05) is 24.5 Å². The minimum absolute atomic E-state index is 0.190. The fourth-order valence-corrected chi connectivity index (χ4v) is 9.71. The number of rotatable bonds is 3. The SMILES string of the molecule is CCCN1CCC23c4cc(O)ccc4CC1C21CCC2C3[C@@H](CN2c2nc(C)cc(C)n2)C1. The van der Waals surface area contributed by atoms with Crippen LogP contribution in [0.4, 0.5) is 5.95 Å². The third-order valence-electron chi connectivity index (χ3n) is 10.3. The van der Waals surface area contributed by atoms with Crippen LogP contribution < -0.4 is 4.90 Å². The van der Waals surface area contributed by atoms with E-state index in [4.69, 9.17) is 9.97 Å². The topological polar surface area (TPSA) is 52.5 Å². The second-order valence-electron chi connectivity index (χ2n) is 11.7. The number of benzene rings is 1. The van der Waals surface area contributed by atoms with Crippen molar-refractivity contribution >= 4 is 5.95 Å². The fraction of sp³-hybridized carbons (Fsp3) is 0.643. The van der Waals surface area contributed by atoms with Crippen LogP contribution in [0.2, 0.25) is 0 Å². The van der Waals surface area contributed by atoms with Crippen LogP contribution in [0.25, 0.3) is 0 Å². The van der Waals surface area contributed by atoms with Gasteiger partial charge in [-0.1, -0.05) is 13.0 Å². The molecule has 2 aliphatic heterocycles. The summed E-state index contributed by atoms with van der Waals surface area (Å²) in [7, 11) is 0. The standard InChI is InChI=1S/C28H36N4O/c1-4-10-31-11-9-28-22-14-21(33)6-5-19(22)13-24(31)27(28)8-7-23-25(28)20(15-27)16-32(23)26-29-17(2)12-18(3)30-26/h5-6,12,14,20,23-25,33H,4,7-11,13,15-16H2,1-3H3/t20-,23?,24?,25?,27?,28?/m1/s1. The molecule has 4 fully saturated rings. The van der Waals surface area contributed by atoms with Crippen LogP contribution in [0, 0.1) is 31.1 Å². The number of hydrogen-bond donors (Lipinski definition) is 1. The highest BCUT2D eigenvalue weighted by atomic mass is 16.3. The number of nitrogens with zero attached hydrogens (tertiary/aromatic N) is 4. The van der Waals surface area contributed by atoms with Crippen molar-refractivity contribution in [2.45, 2.75) is 76.8 Å². The van der Waals surface area contributed by atoms with Crippen LogP contribution in [0.1, 0.15) is 61.5 Å². The summed E-state index contributed by atoms with van der Waals surface area (Å²) in [5.41, 5.74) is 5.68. The van der Waals surface area contributed by atoms with Crippen LogP contribution in [-0.2, 0) is 11.8 Å². The number of aromatic nitrogens is 2. The minimum Gasteiger partial charge on any atom is -0.508 e. The largest absolute Gasteiger partial charge is 0.508 e. The Labute approximate surface area is 197 Å². The lowest BCUT2D eigenvalue weighted by Crippen LogP contribution is -2.69.